The Morgan fingerprint density at radius 1 is 1.08 bits per heavy atom. The van der Waals surface area contributed by atoms with Crippen molar-refractivity contribution in [1.29, 1.82) is 0 Å². The molecule has 0 aromatic rings. The SMILES string of the molecule is CCC(C)[C@H](NC(C)(C)C)C(C)C. The summed E-state index contributed by atoms with van der Waals surface area (Å²) in [5, 5.41) is 3.71. The zero-order valence-corrected chi connectivity index (χ0v) is 10.4. The Bertz CT molecular complexity index is 133. The predicted molar refractivity (Wildman–Crippen MR) is 61.0 cm³/mol. The van der Waals surface area contributed by atoms with Crippen molar-refractivity contribution in [2.24, 2.45) is 11.8 Å². The van der Waals surface area contributed by atoms with E-state index in [2.05, 4.69) is 53.8 Å². The van der Waals surface area contributed by atoms with Crippen molar-refractivity contribution < 1.29 is 0 Å². The van der Waals surface area contributed by atoms with Crippen molar-refractivity contribution >= 4 is 0 Å². The number of hydrogen-bond donors (Lipinski definition) is 1. The lowest BCUT2D eigenvalue weighted by Gasteiger charge is -2.35. The molecule has 80 valence electrons. The lowest BCUT2D eigenvalue weighted by Crippen LogP contribution is -2.49. The third-order valence-corrected chi connectivity index (χ3v) is 2.57. The van der Waals surface area contributed by atoms with Gasteiger partial charge in [-0.2, -0.15) is 0 Å². The van der Waals surface area contributed by atoms with Crippen LogP contribution in [0.15, 0.2) is 0 Å². The van der Waals surface area contributed by atoms with E-state index in [1.165, 1.54) is 6.42 Å². The standard InChI is InChI=1S/C12H27N/c1-8-10(4)11(9(2)3)13-12(5,6)7/h9-11,13H,8H2,1-7H3/t10?,11-/m1/s1. The van der Waals surface area contributed by atoms with Crippen LogP contribution in [0, 0.1) is 11.8 Å². The first-order valence-corrected chi connectivity index (χ1v) is 5.55. The normalized spacial score (nSPS) is 17.5. The molecule has 0 aliphatic rings. The van der Waals surface area contributed by atoms with Crippen molar-refractivity contribution in [3.8, 4) is 0 Å². The average Bonchev–Trinajstić information content (AvgIpc) is 1.96. The van der Waals surface area contributed by atoms with Gasteiger partial charge in [0.1, 0.15) is 0 Å². The molecule has 0 aromatic heterocycles. The van der Waals surface area contributed by atoms with E-state index >= 15 is 0 Å². The van der Waals surface area contributed by atoms with Crippen LogP contribution in [0.4, 0.5) is 0 Å². The topological polar surface area (TPSA) is 12.0 Å². The molecule has 0 aliphatic heterocycles. The van der Waals surface area contributed by atoms with Crippen LogP contribution in [0.25, 0.3) is 0 Å². The largest absolute Gasteiger partial charge is 0.309 e. The Kier molecular flexibility index (Phi) is 4.98. The maximum absolute atomic E-state index is 3.71. The van der Waals surface area contributed by atoms with Gasteiger partial charge < -0.3 is 5.32 Å². The molecule has 0 radical (unpaired) electrons. The zero-order valence-electron chi connectivity index (χ0n) is 10.4. The molecule has 0 aromatic carbocycles. The van der Waals surface area contributed by atoms with Crippen molar-refractivity contribution in [1.82, 2.24) is 5.32 Å². The zero-order chi connectivity index (χ0) is 10.6. The van der Waals surface area contributed by atoms with Crippen LogP contribution in [-0.2, 0) is 0 Å². The van der Waals surface area contributed by atoms with E-state index in [0.717, 1.165) is 5.92 Å². The molecule has 0 bridgehead atoms. The quantitative estimate of drug-likeness (QED) is 0.707. The summed E-state index contributed by atoms with van der Waals surface area (Å²) in [6, 6.07) is 0.644. The molecule has 13 heavy (non-hydrogen) atoms. The van der Waals surface area contributed by atoms with E-state index in [1.54, 1.807) is 0 Å². The molecule has 0 amide bonds. The van der Waals surface area contributed by atoms with Crippen LogP contribution in [0.2, 0.25) is 0 Å². The minimum atomic E-state index is 0.234. The fourth-order valence-corrected chi connectivity index (χ4v) is 1.72. The Hall–Kier alpha value is -0.0400. The molecule has 0 saturated heterocycles. The van der Waals surface area contributed by atoms with E-state index in [0.29, 0.717) is 12.0 Å². The molecule has 1 unspecified atom stereocenters. The predicted octanol–water partition coefficient (Wildman–Crippen LogP) is 3.45. The smallest absolute Gasteiger partial charge is 0.0120 e. The molecule has 0 rings (SSSR count). The average molecular weight is 185 g/mol. The van der Waals surface area contributed by atoms with Gasteiger partial charge in [0.25, 0.3) is 0 Å². The summed E-state index contributed by atoms with van der Waals surface area (Å²) >= 11 is 0. The molecule has 0 heterocycles. The highest BCUT2D eigenvalue weighted by molar-refractivity contribution is 4.82. The fraction of sp³-hybridized carbons (Fsp3) is 1.00. The van der Waals surface area contributed by atoms with Crippen LogP contribution in [-0.4, -0.2) is 11.6 Å². The lowest BCUT2D eigenvalue weighted by molar-refractivity contribution is 0.234. The van der Waals surface area contributed by atoms with Gasteiger partial charge in [0.15, 0.2) is 0 Å². The monoisotopic (exact) mass is 185 g/mol. The summed E-state index contributed by atoms with van der Waals surface area (Å²) < 4.78 is 0. The van der Waals surface area contributed by atoms with Crippen molar-refractivity contribution in [2.45, 2.75) is 66.5 Å². The second-order valence-electron chi connectivity index (χ2n) is 5.55. The highest BCUT2D eigenvalue weighted by atomic mass is 15.0. The van der Waals surface area contributed by atoms with Crippen LogP contribution in [0.1, 0.15) is 54.9 Å². The Morgan fingerprint density at radius 3 is 1.77 bits per heavy atom. The molecule has 0 aliphatic carbocycles. The first-order valence-electron chi connectivity index (χ1n) is 5.55. The maximum Gasteiger partial charge on any atom is 0.0120 e. The number of hydrogen-bond acceptors (Lipinski definition) is 1. The Balaban J connectivity index is 4.27. The van der Waals surface area contributed by atoms with Gasteiger partial charge in [0.2, 0.25) is 0 Å². The summed E-state index contributed by atoms with van der Waals surface area (Å²) in [7, 11) is 0. The van der Waals surface area contributed by atoms with Gasteiger partial charge in [-0.1, -0.05) is 34.1 Å². The summed E-state index contributed by atoms with van der Waals surface area (Å²) in [6.45, 7) is 15.9. The van der Waals surface area contributed by atoms with Gasteiger partial charge in [-0.15, -0.1) is 0 Å². The molecule has 0 fully saturated rings. The van der Waals surface area contributed by atoms with E-state index in [-0.39, 0.29) is 5.54 Å². The van der Waals surface area contributed by atoms with E-state index < -0.39 is 0 Å². The second kappa shape index (κ2) is 4.99. The van der Waals surface area contributed by atoms with Gasteiger partial charge in [0, 0.05) is 11.6 Å². The summed E-state index contributed by atoms with van der Waals surface area (Å²) in [4.78, 5) is 0. The molecular formula is C12H27N. The lowest BCUT2D eigenvalue weighted by atomic mass is 9.88. The van der Waals surface area contributed by atoms with Crippen molar-refractivity contribution in [3.63, 3.8) is 0 Å². The molecule has 2 atom stereocenters. The second-order valence-corrected chi connectivity index (χ2v) is 5.55. The van der Waals surface area contributed by atoms with Gasteiger partial charge >= 0.3 is 0 Å². The van der Waals surface area contributed by atoms with Crippen LogP contribution < -0.4 is 5.32 Å². The van der Waals surface area contributed by atoms with Crippen LogP contribution >= 0.6 is 0 Å². The molecule has 1 nitrogen and oxygen atoms in total. The molecule has 0 spiro atoms. The first kappa shape index (κ1) is 13.0. The summed E-state index contributed by atoms with van der Waals surface area (Å²) in [5.74, 6) is 1.48. The van der Waals surface area contributed by atoms with E-state index in [1.807, 2.05) is 0 Å². The maximum atomic E-state index is 3.71. The highest BCUT2D eigenvalue weighted by Gasteiger charge is 2.23. The summed E-state index contributed by atoms with van der Waals surface area (Å²) in [6.07, 6.45) is 1.26. The van der Waals surface area contributed by atoms with Crippen molar-refractivity contribution in [2.75, 3.05) is 0 Å². The van der Waals surface area contributed by atoms with Crippen LogP contribution in [0.3, 0.4) is 0 Å². The summed E-state index contributed by atoms with van der Waals surface area (Å²) in [5.41, 5.74) is 0.234. The Labute approximate surface area is 84.3 Å². The van der Waals surface area contributed by atoms with E-state index in [9.17, 15) is 0 Å². The van der Waals surface area contributed by atoms with Crippen molar-refractivity contribution in [3.05, 3.63) is 0 Å². The van der Waals surface area contributed by atoms with E-state index in [4.69, 9.17) is 0 Å². The Morgan fingerprint density at radius 2 is 1.54 bits per heavy atom. The van der Waals surface area contributed by atoms with Crippen LogP contribution in [0.5, 0.6) is 0 Å². The number of rotatable bonds is 4. The minimum absolute atomic E-state index is 0.234. The fourth-order valence-electron chi connectivity index (χ4n) is 1.72. The first-order chi connectivity index (χ1) is 5.78. The third-order valence-electron chi connectivity index (χ3n) is 2.57. The van der Waals surface area contributed by atoms with Gasteiger partial charge in [-0.3, -0.25) is 0 Å². The highest BCUT2D eigenvalue weighted by Crippen LogP contribution is 2.18. The third kappa shape index (κ3) is 5.30. The van der Waals surface area contributed by atoms with Gasteiger partial charge in [-0.05, 0) is 32.6 Å². The van der Waals surface area contributed by atoms with Gasteiger partial charge in [0.05, 0.1) is 0 Å². The molecule has 1 N–H and O–H groups in total. The molecule has 0 saturated carbocycles. The molecular weight excluding hydrogens is 158 g/mol. The number of nitrogens with one attached hydrogen (secondary N) is 1. The van der Waals surface area contributed by atoms with Gasteiger partial charge in [-0.25, -0.2) is 0 Å². The minimum Gasteiger partial charge on any atom is -0.309 e. The molecule has 1 heteroatoms.